The van der Waals surface area contributed by atoms with Gasteiger partial charge in [-0.25, -0.2) is 0 Å². The zero-order valence-corrected chi connectivity index (χ0v) is 16.4. The third kappa shape index (κ3) is 5.18. The summed E-state index contributed by atoms with van der Waals surface area (Å²) < 4.78 is 2.19. The highest BCUT2D eigenvalue weighted by Crippen LogP contribution is 2.36. The van der Waals surface area contributed by atoms with Gasteiger partial charge in [0, 0.05) is 0 Å². The molecule has 0 atom stereocenters. The second-order valence-corrected chi connectivity index (χ2v) is 14.6. The highest BCUT2D eigenvalue weighted by molar-refractivity contribution is 6.96. The van der Waals surface area contributed by atoms with Crippen LogP contribution in [-0.2, 0) is 4.79 Å². The molecule has 0 aromatic rings. The molecular weight excluding hydrogens is 314 g/mol. The fraction of sp³-hybridized carbons (Fsp3) is 0.316. The van der Waals surface area contributed by atoms with Crippen LogP contribution in [-0.4, -0.2) is 27.1 Å². The van der Waals surface area contributed by atoms with Gasteiger partial charge in [-0.3, -0.25) is 4.79 Å². The average molecular weight is 346 g/mol. The summed E-state index contributed by atoms with van der Waals surface area (Å²) in [6.07, 6.45) is 12.7. The van der Waals surface area contributed by atoms with Crippen molar-refractivity contribution in [2.45, 2.75) is 36.3 Å². The van der Waals surface area contributed by atoms with Crippen LogP contribution in [0.1, 0.15) is 0 Å². The van der Waals surface area contributed by atoms with Crippen LogP contribution in [0.15, 0.2) is 75.9 Å². The monoisotopic (exact) mass is 345 g/mol. The van der Waals surface area contributed by atoms with Gasteiger partial charge in [0.05, 0.1) is 0 Å². The van der Waals surface area contributed by atoms with Gasteiger partial charge in [0.1, 0.15) is 0 Å². The fourth-order valence-corrected chi connectivity index (χ4v) is 14.9. The molecule has 1 amide bonds. The van der Waals surface area contributed by atoms with Crippen LogP contribution in [0.5, 0.6) is 0 Å². The van der Waals surface area contributed by atoms with E-state index in [1.54, 1.807) is 0 Å². The summed E-state index contributed by atoms with van der Waals surface area (Å²) in [7, 11) is -4.29. The smallest absolute Gasteiger partial charge is 0.193 e. The van der Waals surface area contributed by atoms with E-state index in [0.29, 0.717) is 0 Å². The van der Waals surface area contributed by atoms with E-state index < -0.39 is 16.5 Å². The molecule has 0 fully saturated rings. The topological polar surface area (TPSA) is 20.3 Å². The van der Waals surface area contributed by atoms with Gasteiger partial charge in [-0.1, -0.05) is 36.5 Å². The zero-order chi connectivity index (χ0) is 17.8. The summed E-state index contributed by atoms with van der Waals surface area (Å²) in [6, 6.07) is 5.02. The van der Waals surface area contributed by atoms with Crippen LogP contribution >= 0.6 is 0 Å². The molecular formula is C19H31NOSi2. The van der Waals surface area contributed by atoms with E-state index in [9.17, 15) is 4.79 Å². The maximum Gasteiger partial charge on any atom is 0.193 e. The maximum atomic E-state index is 12.2. The first-order valence-corrected chi connectivity index (χ1v) is 13.1. The number of nitrogens with zero attached hydrogens (tertiary/aromatic N) is 1. The summed E-state index contributed by atoms with van der Waals surface area (Å²) in [5, 5.41) is 0. The Balaban J connectivity index is 6.26. The molecule has 0 aliphatic heterocycles. The lowest BCUT2D eigenvalue weighted by Gasteiger charge is -2.50. The summed E-state index contributed by atoms with van der Waals surface area (Å²) >= 11 is 0. The molecule has 0 spiro atoms. The molecule has 0 N–H and O–H groups in total. The highest BCUT2D eigenvalue weighted by Gasteiger charge is 2.47. The van der Waals surface area contributed by atoms with Crippen LogP contribution in [0.4, 0.5) is 0 Å². The number of carbonyl (C=O) groups is 1. The fourth-order valence-electron chi connectivity index (χ4n) is 3.43. The summed E-state index contributed by atoms with van der Waals surface area (Å²) in [6.45, 7) is 23.6. The van der Waals surface area contributed by atoms with Crippen LogP contribution in [0, 0.1) is 0 Å². The van der Waals surface area contributed by atoms with Crippen LogP contribution in [0.25, 0.3) is 0 Å². The van der Waals surface area contributed by atoms with Crippen molar-refractivity contribution in [3.05, 3.63) is 75.9 Å². The van der Waals surface area contributed by atoms with Gasteiger partial charge in [-0.15, -0.1) is 39.5 Å². The molecule has 0 heterocycles. The van der Waals surface area contributed by atoms with Crippen molar-refractivity contribution in [3.63, 3.8) is 0 Å². The van der Waals surface area contributed by atoms with Crippen LogP contribution < -0.4 is 0 Å². The Morgan fingerprint density at radius 1 is 0.565 bits per heavy atom. The number of amides is 1. The van der Waals surface area contributed by atoms with Crippen LogP contribution in [0.3, 0.4) is 0 Å². The molecule has 0 saturated heterocycles. The SMILES string of the molecule is C=CC[Si](CC=C)(CC=C)N(C=O)[Si](CC=C)(CC=C)CC=C. The minimum Gasteiger partial charge on any atom is -0.396 e. The lowest BCUT2D eigenvalue weighted by molar-refractivity contribution is -0.112. The Hall–Kier alpha value is -1.66. The van der Waals surface area contributed by atoms with Crippen molar-refractivity contribution in [1.29, 1.82) is 0 Å². The van der Waals surface area contributed by atoms with Crippen molar-refractivity contribution in [1.82, 2.24) is 4.23 Å². The first-order chi connectivity index (χ1) is 11.1. The lowest BCUT2D eigenvalue weighted by atomic mass is 10.7. The minimum atomic E-state index is -2.14. The van der Waals surface area contributed by atoms with Gasteiger partial charge in [-0.05, 0) is 36.3 Å². The predicted molar refractivity (Wildman–Crippen MR) is 109 cm³/mol. The van der Waals surface area contributed by atoms with Crippen molar-refractivity contribution in [2.75, 3.05) is 0 Å². The molecule has 0 rings (SSSR count). The Morgan fingerprint density at radius 2 is 0.783 bits per heavy atom. The third-order valence-electron chi connectivity index (χ3n) is 4.27. The van der Waals surface area contributed by atoms with Crippen molar-refractivity contribution in [3.8, 4) is 0 Å². The molecule has 0 radical (unpaired) electrons. The van der Waals surface area contributed by atoms with Crippen molar-refractivity contribution < 1.29 is 4.79 Å². The number of hydrogen-bond donors (Lipinski definition) is 0. The summed E-state index contributed by atoms with van der Waals surface area (Å²) in [5.74, 6) is 0. The van der Waals surface area contributed by atoms with E-state index >= 15 is 0 Å². The zero-order valence-electron chi connectivity index (χ0n) is 14.4. The van der Waals surface area contributed by atoms with E-state index in [2.05, 4.69) is 43.7 Å². The molecule has 2 nitrogen and oxygen atoms in total. The van der Waals surface area contributed by atoms with Gasteiger partial charge < -0.3 is 4.23 Å². The quantitative estimate of drug-likeness (QED) is 0.219. The van der Waals surface area contributed by atoms with Crippen molar-refractivity contribution in [2.24, 2.45) is 0 Å². The van der Waals surface area contributed by atoms with E-state index in [4.69, 9.17) is 0 Å². The van der Waals surface area contributed by atoms with E-state index in [0.717, 1.165) is 42.7 Å². The largest absolute Gasteiger partial charge is 0.396 e. The first-order valence-electron chi connectivity index (χ1n) is 7.96. The van der Waals surface area contributed by atoms with Crippen LogP contribution in [0.2, 0.25) is 36.3 Å². The van der Waals surface area contributed by atoms with E-state index in [1.807, 2.05) is 36.5 Å². The standard InChI is InChI=1S/C19H31NOSi2/c1-7-13-22(14-8-2,15-9-3)20(19-21)23(16-10-4,17-11-5)18-12-6/h7-12,19H,1-6,13-18H2. The first kappa shape index (κ1) is 21.3. The molecule has 4 heteroatoms. The minimum absolute atomic E-state index is 0.837. The summed E-state index contributed by atoms with van der Waals surface area (Å²) in [5.41, 5.74) is 0. The summed E-state index contributed by atoms with van der Waals surface area (Å²) in [4.78, 5) is 12.2. The number of allylic oxidation sites excluding steroid dienone is 6. The molecule has 126 valence electrons. The molecule has 0 saturated carbocycles. The van der Waals surface area contributed by atoms with Crippen molar-refractivity contribution >= 4 is 22.9 Å². The number of carbonyl (C=O) groups excluding carboxylic acids is 1. The van der Waals surface area contributed by atoms with E-state index in [1.165, 1.54) is 0 Å². The normalized spacial score (nSPS) is 11.1. The highest BCUT2D eigenvalue weighted by atomic mass is 28.4. The van der Waals surface area contributed by atoms with Gasteiger partial charge in [0.15, 0.2) is 22.9 Å². The lowest BCUT2D eigenvalue weighted by Crippen LogP contribution is -2.65. The Labute approximate surface area is 144 Å². The molecule has 0 aliphatic carbocycles. The van der Waals surface area contributed by atoms with Gasteiger partial charge >= 0.3 is 0 Å². The Morgan fingerprint density at radius 3 is 0.913 bits per heavy atom. The molecule has 0 aromatic carbocycles. The average Bonchev–Trinajstić information content (AvgIpc) is 2.49. The molecule has 0 unspecified atom stereocenters. The second kappa shape index (κ2) is 11.0. The molecule has 0 aliphatic rings. The Kier molecular flexibility index (Phi) is 10.2. The third-order valence-corrected chi connectivity index (χ3v) is 15.7. The number of hydrogen-bond acceptors (Lipinski definition) is 1. The predicted octanol–water partition coefficient (Wildman–Crippen LogP) is 5.45. The Bertz CT molecular complexity index is 365. The molecule has 23 heavy (non-hydrogen) atoms. The van der Waals surface area contributed by atoms with Gasteiger partial charge in [0.2, 0.25) is 0 Å². The maximum absolute atomic E-state index is 12.2. The second-order valence-electron chi connectivity index (χ2n) is 5.88. The number of rotatable bonds is 15. The van der Waals surface area contributed by atoms with Gasteiger partial charge in [-0.2, -0.15) is 0 Å². The van der Waals surface area contributed by atoms with E-state index in [-0.39, 0.29) is 0 Å². The van der Waals surface area contributed by atoms with Gasteiger partial charge in [0.25, 0.3) is 0 Å². The molecule has 0 aromatic heterocycles. The molecule has 0 bridgehead atoms.